The molecule has 1 aromatic heterocycles. The lowest BCUT2D eigenvalue weighted by atomic mass is 10.3. The van der Waals surface area contributed by atoms with E-state index in [-0.39, 0.29) is 11.3 Å². The molecule has 0 unspecified atom stereocenters. The third kappa shape index (κ3) is 2.56. The van der Waals surface area contributed by atoms with Gasteiger partial charge in [0, 0.05) is 5.56 Å². The maximum atomic E-state index is 12.3. The average Bonchev–Trinajstić information content (AvgIpc) is 2.48. The topological polar surface area (TPSA) is 73.6 Å². The number of esters is 1. The van der Waals surface area contributed by atoms with Crippen molar-refractivity contribution in [3.8, 4) is 0 Å². The van der Waals surface area contributed by atoms with Gasteiger partial charge in [-0.1, -0.05) is 0 Å². The molecule has 0 fully saturated rings. The standard InChI is InChI=1S/C7H7FO5S/c1-12-7(9)6-5(2-3-13-6)4-14(8,10)11/h2-3H,4H2,1H3. The first kappa shape index (κ1) is 10.7. The molecule has 0 aliphatic heterocycles. The predicted octanol–water partition coefficient (Wildman–Crippen LogP) is 0.866. The van der Waals surface area contributed by atoms with Gasteiger partial charge in [-0.25, -0.2) is 4.79 Å². The maximum Gasteiger partial charge on any atom is 0.374 e. The Labute approximate surface area is 79.7 Å². The lowest BCUT2D eigenvalue weighted by molar-refractivity contribution is 0.0564. The van der Waals surface area contributed by atoms with E-state index in [2.05, 4.69) is 9.15 Å². The van der Waals surface area contributed by atoms with E-state index in [0.29, 0.717) is 0 Å². The first-order valence-corrected chi connectivity index (χ1v) is 5.06. The number of furan rings is 1. The molecule has 0 atom stereocenters. The zero-order chi connectivity index (χ0) is 10.8. The highest BCUT2D eigenvalue weighted by Crippen LogP contribution is 2.15. The number of ether oxygens (including phenoxy) is 1. The molecule has 0 spiro atoms. The molecule has 1 aromatic rings. The third-order valence-corrected chi connectivity index (χ3v) is 2.10. The first-order chi connectivity index (χ1) is 6.44. The number of rotatable bonds is 3. The third-order valence-electron chi connectivity index (χ3n) is 1.45. The second-order valence-corrected chi connectivity index (χ2v) is 3.82. The number of methoxy groups -OCH3 is 1. The Balaban J connectivity index is 3.00. The molecule has 5 nitrogen and oxygen atoms in total. The second kappa shape index (κ2) is 3.79. The van der Waals surface area contributed by atoms with E-state index < -0.39 is 21.9 Å². The number of carbonyl (C=O) groups is 1. The Bertz CT molecular complexity index is 433. The molecule has 0 N–H and O–H groups in total. The highest BCUT2D eigenvalue weighted by atomic mass is 32.3. The molecule has 14 heavy (non-hydrogen) atoms. The van der Waals surface area contributed by atoms with Crippen LogP contribution in [0.4, 0.5) is 3.89 Å². The van der Waals surface area contributed by atoms with Crippen LogP contribution in [0.1, 0.15) is 16.1 Å². The monoisotopic (exact) mass is 222 g/mol. The van der Waals surface area contributed by atoms with E-state index in [0.717, 1.165) is 13.4 Å². The van der Waals surface area contributed by atoms with Crippen LogP contribution < -0.4 is 0 Å². The zero-order valence-electron chi connectivity index (χ0n) is 7.19. The number of hydrogen-bond donors (Lipinski definition) is 0. The molecule has 0 amide bonds. The number of hydrogen-bond acceptors (Lipinski definition) is 5. The van der Waals surface area contributed by atoms with Gasteiger partial charge in [-0.05, 0) is 6.07 Å². The van der Waals surface area contributed by atoms with Crippen molar-refractivity contribution in [3.63, 3.8) is 0 Å². The highest BCUT2D eigenvalue weighted by molar-refractivity contribution is 7.85. The fraction of sp³-hybridized carbons (Fsp3) is 0.286. The molecule has 0 aliphatic carbocycles. The van der Waals surface area contributed by atoms with Gasteiger partial charge in [0.25, 0.3) is 0 Å². The van der Waals surface area contributed by atoms with Gasteiger partial charge >= 0.3 is 16.2 Å². The van der Waals surface area contributed by atoms with Crippen LogP contribution in [0.25, 0.3) is 0 Å². The minimum atomic E-state index is -4.68. The Kier molecular flexibility index (Phi) is 2.90. The summed E-state index contributed by atoms with van der Waals surface area (Å²) >= 11 is 0. The van der Waals surface area contributed by atoms with Crippen molar-refractivity contribution in [3.05, 3.63) is 23.7 Å². The van der Waals surface area contributed by atoms with Gasteiger partial charge in [0.05, 0.1) is 13.4 Å². The summed E-state index contributed by atoms with van der Waals surface area (Å²) in [6, 6.07) is 1.20. The highest BCUT2D eigenvalue weighted by Gasteiger charge is 2.20. The number of halogens is 1. The van der Waals surface area contributed by atoms with Crippen molar-refractivity contribution in [1.82, 2.24) is 0 Å². The van der Waals surface area contributed by atoms with Crippen LogP contribution in [0.5, 0.6) is 0 Å². The van der Waals surface area contributed by atoms with Crippen LogP contribution >= 0.6 is 0 Å². The lowest BCUT2D eigenvalue weighted by Crippen LogP contribution is -2.05. The zero-order valence-corrected chi connectivity index (χ0v) is 8.01. The molecule has 1 rings (SSSR count). The van der Waals surface area contributed by atoms with Crippen molar-refractivity contribution in [2.75, 3.05) is 7.11 Å². The largest absolute Gasteiger partial charge is 0.463 e. The smallest absolute Gasteiger partial charge is 0.374 e. The van der Waals surface area contributed by atoms with Crippen molar-refractivity contribution in [1.29, 1.82) is 0 Å². The summed E-state index contributed by atoms with van der Waals surface area (Å²) in [5.41, 5.74) is -0.0562. The summed E-state index contributed by atoms with van der Waals surface area (Å²) in [5.74, 6) is -2.03. The van der Waals surface area contributed by atoms with Gasteiger partial charge in [0.15, 0.2) is 0 Å². The second-order valence-electron chi connectivity index (χ2n) is 2.45. The summed E-state index contributed by atoms with van der Waals surface area (Å²) in [6.07, 6.45) is 1.09. The van der Waals surface area contributed by atoms with Crippen molar-refractivity contribution in [2.45, 2.75) is 5.75 Å². The Morgan fingerprint density at radius 2 is 2.29 bits per heavy atom. The van der Waals surface area contributed by atoms with Crippen LogP contribution in [0, 0.1) is 0 Å². The van der Waals surface area contributed by atoms with E-state index in [9.17, 15) is 17.1 Å². The quantitative estimate of drug-likeness (QED) is 0.560. The summed E-state index contributed by atoms with van der Waals surface area (Å²) in [7, 11) is -3.57. The van der Waals surface area contributed by atoms with Gasteiger partial charge in [0.1, 0.15) is 5.75 Å². The summed E-state index contributed by atoms with van der Waals surface area (Å²) in [4.78, 5) is 10.9. The molecular weight excluding hydrogens is 215 g/mol. The predicted molar refractivity (Wildman–Crippen MR) is 43.8 cm³/mol. The maximum absolute atomic E-state index is 12.3. The van der Waals surface area contributed by atoms with Gasteiger partial charge < -0.3 is 9.15 Å². The van der Waals surface area contributed by atoms with E-state index in [1.165, 1.54) is 6.07 Å². The molecule has 0 bridgehead atoms. The molecule has 0 radical (unpaired) electrons. The molecule has 0 saturated carbocycles. The molecule has 78 valence electrons. The van der Waals surface area contributed by atoms with Crippen LogP contribution in [0.2, 0.25) is 0 Å². The minimum absolute atomic E-state index is 0.0562. The van der Waals surface area contributed by atoms with E-state index in [1.54, 1.807) is 0 Å². The van der Waals surface area contributed by atoms with Crippen LogP contribution in [-0.4, -0.2) is 21.5 Å². The molecule has 0 saturated heterocycles. The summed E-state index contributed by atoms with van der Waals surface area (Å²) < 4.78 is 41.8. The molecule has 0 aliphatic rings. The van der Waals surface area contributed by atoms with Crippen LogP contribution in [0.15, 0.2) is 16.7 Å². The minimum Gasteiger partial charge on any atom is -0.463 e. The van der Waals surface area contributed by atoms with Gasteiger partial charge in [-0.2, -0.15) is 8.42 Å². The van der Waals surface area contributed by atoms with Crippen molar-refractivity contribution >= 4 is 16.2 Å². The molecule has 7 heteroatoms. The first-order valence-electron chi connectivity index (χ1n) is 3.51. The lowest BCUT2D eigenvalue weighted by Gasteiger charge is -1.97. The summed E-state index contributed by atoms with van der Waals surface area (Å²) in [6.45, 7) is 0. The van der Waals surface area contributed by atoms with Crippen molar-refractivity contribution in [2.24, 2.45) is 0 Å². The molecular formula is C7H7FO5S. The van der Waals surface area contributed by atoms with E-state index in [1.807, 2.05) is 0 Å². The number of carbonyl (C=O) groups excluding carboxylic acids is 1. The van der Waals surface area contributed by atoms with Gasteiger partial charge in [-0.3, -0.25) is 0 Å². The Hall–Kier alpha value is -1.37. The van der Waals surface area contributed by atoms with E-state index in [4.69, 9.17) is 0 Å². The normalized spacial score (nSPS) is 11.3. The van der Waals surface area contributed by atoms with Crippen molar-refractivity contribution < 1.29 is 26.3 Å². The fourth-order valence-corrected chi connectivity index (χ4v) is 1.51. The fourth-order valence-electron chi connectivity index (χ4n) is 0.907. The van der Waals surface area contributed by atoms with E-state index >= 15 is 0 Å². The van der Waals surface area contributed by atoms with Gasteiger partial charge in [0.2, 0.25) is 5.76 Å². The van der Waals surface area contributed by atoms with Gasteiger partial charge in [-0.15, -0.1) is 3.89 Å². The van der Waals surface area contributed by atoms with Crippen LogP contribution in [-0.2, 0) is 20.7 Å². The molecule has 0 aromatic carbocycles. The average molecular weight is 222 g/mol. The Morgan fingerprint density at radius 3 is 2.79 bits per heavy atom. The molecule has 1 heterocycles. The Morgan fingerprint density at radius 1 is 1.64 bits per heavy atom. The summed E-state index contributed by atoms with van der Waals surface area (Å²) in [5, 5.41) is 0. The SMILES string of the molecule is COC(=O)c1occc1CS(=O)(=O)F. The van der Waals surface area contributed by atoms with Crippen LogP contribution in [0.3, 0.4) is 0 Å².